The third kappa shape index (κ3) is 1.16. The predicted molar refractivity (Wildman–Crippen MR) is 59.6 cm³/mol. The minimum Gasteiger partial charge on any atom is -0.293 e. The SMILES string of the molecule is O=C1CS(=O)c2ccc3ccccc3c21. The zero-order valence-corrected chi connectivity index (χ0v) is 8.71. The molecule has 0 amide bonds. The third-order valence-electron chi connectivity index (χ3n) is 2.68. The highest BCUT2D eigenvalue weighted by Gasteiger charge is 2.27. The Morgan fingerprint density at radius 1 is 1.07 bits per heavy atom. The molecule has 1 heterocycles. The molecule has 2 nitrogen and oxygen atoms in total. The van der Waals surface area contributed by atoms with Crippen LogP contribution in [0.25, 0.3) is 10.8 Å². The second kappa shape index (κ2) is 3.00. The van der Waals surface area contributed by atoms with E-state index in [2.05, 4.69) is 0 Å². The largest absolute Gasteiger partial charge is 0.293 e. The van der Waals surface area contributed by atoms with Gasteiger partial charge in [-0.15, -0.1) is 0 Å². The number of fused-ring (bicyclic) bond motifs is 3. The molecule has 3 heteroatoms. The molecule has 0 aromatic heterocycles. The fraction of sp³-hybridized carbons (Fsp3) is 0.0833. The van der Waals surface area contributed by atoms with E-state index in [1.807, 2.05) is 30.3 Å². The van der Waals surface area contributed by atoms with Crippen LogP contribution in [-0.4, -0.2) is 15.7 Å². The minimum atomic E-state index is -1.13. The van der Waals surface area contributed by atoms with E-state index in [-0.39, 0.29) is 11.5 Å². The number of ketones is 1. The van der Waals surface area contributed by atoms with Crippen molar-refractivity contribution in [2.24, 2.45) is 0 Å². The molecule has 0 saturated heterocycles. The Morgan fingerprint density at radius 2 is 1.87 bits per heavy atom. The average Bonchev–Trinajstić information content (AvgIpc) is 2.55. The van der Waals surface area contributed by atoms with Crippen LogP contribution in [0.2, 0.25) is 0 Å². The Labute approximate surface area is 89.4 Å². The molecule has 0 spiro atoms. The highest BCUT2D eigenvalue weighted by atomic mass is 32.2. The summed E-state index contributed by atoms with van der Waals surface area (Å²) in [7, 11) is -1.13. The molecule has 1 aliphatic rings. The van der Waals surface area contributed by atoms with Crippen molar-refractivity contribution in [1.82, 2.24) is 0 Å². The van der Waals surface area contributed by atoms with Crippen molar-refractivity contribution >= 4 is 27.4 Å². The first kappa shape index (κ1) is 8.80. The van der Waals surface area contributed by atoms with Gasteiger partial charge in [-0.05, 0) is 16.8 Å². The molecule has 0 fully saturated rings. The second-order valence-corrected chi connectivity index (χ2v) is 4.99. The highest BCUT2D eigenvalue weighted by molar-refractivity contribution is 7.86. The highest BCUT2D eigenvalue weighted by Crippen LogP contribution is 2.30. The quantitative estimate of drug-likeness (QED) is 0.676. The lowest BCUT2D eigenvalue weighted by Gasteiger charge is -2.02. The Hall–Kier alpha value is -1.48. The van der Waals surface area contributed by atoms with Gasteiger partial charge in [-0.3, -0.25) is 9.00 Å². The van der Waals surface area contributed by atoms with E-state index in [1.54, 1.807) is 6.07 Å². The summed E-state index contributed by atoms with van der Waals surface area (Å²) in [6, 6.07) is 11.4. The third-order valence-corrected chi connectivity index (χ3v) is 4.03. The van der Waals surface area contributed by atoms with Gasteiger partial charge in [-0.1, -0.05) is 30.3 Å². The topological polar surface area (TPSA) is 34.1 Å². The van der Waals surface area contributed by atoms with E-state index < -0.39 is 10.8 Å². The maximum atomic E-state index is 11.7. The van der Waals surface area contributed by atoms with Gasteiger partial charge in [0.1, 0.15) is 0 Å². The molecule has 0 saturated carbocycles. The van der Waals surface area contributed by atoms with Gasteiger partial charge < -0.3 is 0 Å². The Kier molecular flexibility index (Phi) is 1.76. The van der Waals surface area contributed by atoms with Crippen molar-refractivity contribution in [3.63, 3.8) is 0 Å². The fourth-order valence-electron chi connectivity index (χ4n) is 2.00. The Morgan fingerprint density at radius 3 is 2.73 bits per heavy atom. The summed E-state index contributed by atoms with van der Waals surface area (Å²) >= 11 is 0. The normalized spacial score (nSPS) is 19.5. The van der Waals surface area contributed by atoms with Gasteiger partial charge in [0, 0.05) is 5.56 Å². The van der Waals surface area contributed by atoms with E-state index in [1.165, 1.54) is 0 Å². The molecular formula is C12H8O2S. The van der Waals surface area contributed by atoms with Crippen LogP contribution in [0.3, 0.4) is 0 Å². The number of Topliss-reactive ketones (excluding diaryl/α,β-unsaturated/α-hetero) is 1. The van der Waals surface area contributed by atoms with Gasteiger partial charge in [0.05, 0.1) is 21.4 Å². The second-order valence-electron chi connectivity index (χ2n) is 3.57. The number of carbonyl (C=O) groups excluding carboxylic acids is 1. The Balaban J connectivity index is 2.49. The number of hydrogen-bond donors (Lipinski definition) is 0. The summed E-state index contributed by atoms with van der Waals surface area (Å²) < 4.78 is 11.6. The average molecular weight is 216 g/mol. The van der Waals surface area contributed by atoms with Crippen LogP contribution in [0.4, 0.5) is 0 Å². The minimum absolute atomic E-state index is 0.000123. The molecule has 1 atom stereocenters. The molecule has 1 aliphatic heterocycles. The lowest BCUT2D eigenvalue weighted by atomic mass is 10.0. The molecular weight excluding hydrogens is 208 g/mol. The molecule has 0 radical (unpaired) electrons. The molecule has 0 N–H and O–H groups in total. The zero-order chi connectivity index (χ0) is 10.4. The molecule has 3 rings (SSSR count). The molecule has 1 unspecified atom stereocenters. The first-order chi connectivity index (χ1) is 7.27. The summed E-state index contributed by atoms with van der Waals surface area (Å²) in [5, 5.41) is 1.95. The van der Waals surface area contributed by atoms with Gasteiger partial charge in [-0.2, -0.15) is 0 Å². The first-order valence-electron chi connectivity index (χ1n) is 4.71. The fourth-order valence-corrected chi connectivity index (χ4v) is 3.21. The standard InChI is InChI=1S/C12H8O2S/c13-10-7-15(14)11-6-5-8-3-1-2-4-9(8)12(10)11/h1-6H,7H2. The van der Waals surface area contributed by atoms with Gasteiger partial charge >= 0.3 is 0 Å². The van der Waals surface area contributed by atoms with Gasteiger partial charge in [-0.25, -0.2) is 0 Å². The predicted octanol–water partition coefficient (Wildman–Crippen LogP) is 2.14. The molecule has 74 valence electrons. The van der Waals surface area contributed by atoms with Crippen LogP contribution in [0, 0.1) is 0 Å². The number of benzene rings is 2. The molecule has 0 aliphatic carbocycles. The van der Waals surface area contributed by atoms with Crippen molar-refractivity contribution < 1.29 is 9.00 Å². The number of rotatable bonds is 0. The first-order valence-corrected chi connectivity index (χ1v) is 6.02. The van der Waals surface area contributed by atoms with Crippen LogP contribution in [0.5, 0.6) is 0 Å². The van der Waals surface area contributed by atoms with Gasteiger partial charge in [0.25, 0.3) is 0 Å². The maximum absolute atomic E-state index is 11.7. The van der Waals surface area contributed by atoms with E-state index in [9.17, 15) is 9.00 Å². The van der Waals surface area contributed by atoms with Crippen LogP contribution >= 0.6 is 0 Å². The summed E-state index contributed by atoms with van der Waals surface area (Å²) in [5.41, 5.74) is 0.659. The van der Waals surface area contributed by atoms with Crippen molar-refractivity contribution in [3.8, 4) is 0 Å². The van der Waals surface area contributed by atoms with Crippen molar-refractivity contribution in [3.05, 3.63) is 42.0 Å². The lowest BCUT2D eigenvalue weighted by molar-refractivity contribution is 0.102. The van der Waals surface area contributed by atoms with Crippen molar-refractivity contribution in [2.45, 2.75) is 4.90 Å². The van der Waals surface area contributed by atoms with Gasteiger partial charge in [0.2, 0.25) is 0 Å². The van der Waals surface area contributed by atoms with E-state index in [0.29, 0.717) is 10.5 Å². The molecule has 15 heavy (non-hydrogen) atoms. The number of hydrogen-bond acceptors (Lipinski definition) is 2. The summed E-state index contributed by atoms with van der Waals surface area (Å²) in [4.78, 5) is 12.4. The van der Waals surface area contributed by atoms with Crippen LogP contribution in [-0.2, 0) is 10.8 Å². The zero-order valence-electron chi connectivity index (χ0n) is 7.90. The van der Waals surface area contributed by atoms with E-state index >= 15 is 0 Å². The van der Waals surface area contributed by atoms with Crippen LogP contribution < -0.4 is 0 Å². The van der Waals surface area contributed by atoms with Crippen molar-refractivity contribution in [1.29, 1.82) is 0 Å². The monoisotopic (exact) mass is 216 g/mol. The summed E-state index contributed by atoms with van der Waals surface area (Å²) in [6.45, 7) is 0. The van der Waals surface area contributed by atoms with E-state index in [0.717, 1.165) is 10.8 Å². The lowest BCUT2D eigenvalue weighted by Crippen LogP contribution is -1.98. The molecule has 2 aromatic carbocycles. The smallest absolute Gasteiger partial charge is 0.177 e. The van der Waals surface area contributed by atoms with Crippen LogP contribution in [0.1, 0.15) is 10.4 Å². The van der Waals surface area contributed by atoms with Gasteiger partial charge in [0.15, 0.2) is 5.78 Å². The maximum Gasteiger partial charge on any atom is 0.177 e. The Bertz CT molecular complexity index is 602. The number of carbonyl (C=O) groups is 1. The van der Waals surface area contributed by atoms with Crippen molar-refractivity contribution in [2.75, 3.05) is 5.75 Å². The molecule has 0 bridgehead atoms. The summed E-state index contributed by atoms with van der Waals surface area (Å²) in [6.07, 6.45) is 0. The molecule has 2 aromatic rings. The summed E-state index contributed by atoms with van der Waals surface area (Å²) in [5.74, 6) is 0.142. The van der Waals surface area contributed by atoms with Crippen LogP contribution in [0.15, 0.2) is 41.3 Å². The van der Waals surface area contributed by atoms with E-state index in [4.69, 9.17) is 0 Å².